The first-order valence-corrected chi connectivity index (χ1v) is 7.23. The van der Waals surface area contributed by atoms with Gasteiger partial charge in [-0.2, -0.15) is 0 Å². The van der Waals surface area contributed by atoms with E-state index in [4.69, 9.17) is 9.52 Å². The van der Waals surface area contributed by atoms with Crippen LogP contribution in [0.3, 0.4) is 0 Å². The zero-order chi connectivity index (χ0) is 14.6. The summed E-state index contributed by atoms with van der Waals surface area (Å²) in [7, 11) is 0. The first-order chi connectivity index (χ1) is 9.49. The Morgan fingerprint density at radius 1 is 1.55 bits per heavy atom. The summed E-state index contributed by atoms with van der Waals surface area (Å²) in [6.07, 6.45) is 4.03. The van der Waals surface area contributed by atoms with Crippen LogP contribution in [-0.2, 0) is 11.3 Å². The quantitative estimate of drug-likeness (QED) is 0.768. The summed E-state index contributed by atoms with van der Waals surface area (Å²) in [5.41, 5.74) is -0.694. The van der Waals surface area contributed by atoms with Gasteiger partial charge in [0.05, 0.1) is 11.7 Å². The highest BCUT2D eigenvalue weighted by atomic mass is 32.1. The van der Waals surface area contributed by atoms with Crippen LogP contribution in [0.15, 0.2) is 29.0 Å². The molecule has 0 spiro atoms. The molecule has 2 N–H and O–H groups in total. The lowest BCUT2D eigenvalue weighted by Crippen LogP contribution is -2.28. The van der Waals surface area contributed by atoms with Crippen molar-refractivity contribution >= 4 is 17.3 Å². The highest BCUT2D eigenvalue weighted by Gasteiger charge is 2.26. The molecule has 0 bridgehead atoms. The van der Waals surface area contributed by atoms with Gasteiger partial charge in [-0.05, 0) is 38.9 Å². The van der Waals surface area contributed by atoms with Gasteiger partial charge in [0, 0.05) is 17.6 Å². The number of carboxylic acids is 1. The van der Waals surface area contributed by atoms with Crippen LogP contribution in [0.2, 0.25) is 0 Å². The minimum atomic E-state index is -0.766. The van der Waals surface area contributed by atoms with Crippen molar-refractivity contribution in [2.75, 3.05) is 6.54 Å². The molecule has 2 rings (SSSR count). The van der Waals surface area contributed by atoms with Crippen LogP contribution in [0.25, 0.3) is 10.8 Å². The molecule has 0 saturated heterocycles. The summed E-state index contributed by atoms with van der Waals surface area (Å²) in [6, 6.07) is 3.72. The van der Waals surface area contributed by atoms with Crippen LogP contribution < -0.4 is 5.32 Å². The van der Waals surface area contributed by atoms with Gasteiger partial charge in [-0.1, -0.05) is 0 Å². The first-order valence-electron chi connectivity index (χ1n) is 6.42. The van der Waals surface area contributed by atoms with Gasteiger partial charge in [-0.3, -0.25) is 4.79 Å². The van der Waals surface area contributed by atoms with E-state index in [9.17, 15) is 4.79 Å². The van der Waals surface area contributed by atoms with Crippen molar-refractivity contribution in [2.45, 2.75) is 26.8 Å². The van der Waals surface area contributed by atoms with Gasteiger partial charge >= 0.3 is 5.97 Å². The number of rotatable bonds is 7. The summed E-state index contributed by atoms with van der Waals surface area (Å²) >= 11 is 1.57. The molecule has 0 aliphatic rings. The fraction of sp³-hybridized carbons (Fsp3) is 0.429. The molecular formula is C14H18N2O3S. The zero-order valence-electron chi connectivity index (χ0n) is 11.5. The van der Waals surface area contributed by atoms with Crippen molar-refractivity contribution < 1.29 is 14.3 Å². The lowest BCUT2D eigenvalue weighted by molar-refractivity contribution is -0.147. The maximum absolute atomic E-state index is 11.0. The van der Waals surface area contributed by atoms with E-state index in [0.717, 1.165) is 15.6 Å². The number of carbonyl (C=O) groups is 1. The molecule has 20 heavy (non-hydrogen) atoms. The minimum Gasteiger partial charge on any atom is -0.481 e. The Balaban J connectivity index is 1.79. The molecule has 0 unspecified atom stereocenters. The molecule has 2 aromatic rings. The van der Waals surface area contributed by atoms with Crippen LogP contribution in [0, 0.1) is 5.41 Å². The Kier molecular flexibility index (Phi) is 4.57. The summed E-state index contributed by atoms with van der Waals surface area (Å²) in [5.74, 6) is 0.00505. The van der Waals surface area contributed by atoms with E-state index in [1.165, 1.54) is 0 Å². The van der Waals surface area contributed by atoms with Gasteiger partial charge in [0.25, 0.3) is 0 Å². The lowest BCUT2D eigenvalue weighted by atomic mass is 9.90. The van der Waals surface area contributed by atoms with Crippen LogP contribution in [0.5, 0.6) is 0 Å². The van der Waals surface area contributed by atoms with E-state index >= 15 is 0 Å². The summed E-state index contributed by atoms with van der Waals surface area (Å²) in [5, 5.41) is 13.1. The Labute approximate surface area is 121 Å². The summed E-state index contributed by atoms with van der Waals surface area (Å²) in [4.78, 5) is 16.4. The van der Waals surface area contributed by atoms with Gasteiger partial charge in [-0.15, -0.1) is 11.3 Å². The summed E-state index contributed by atoms with van der Waals surface area (Å²) < 4.78 is 5.29. The molecule has 0 aliphatic heterocycles. The Morgan fingerprint density at radius 2 is 2.35 bits per heavy atom. The fourth-order valence-corrected chi connectivity index (χ4v) is 2.47. The number of hydrogen-bond donors (Lipinski definition) is 2. The topological polar surface area (TPSA) is 75.4 Å². The summed E-state index contributed by atoms with van der Waals surface area (Å²) in [6.45, 7) is 4.82. The van der Waals surface area contributed by atoms with Gasteiger partial charge in [0.15, 0.2) is 10.8 Å². The molecule has 0 amide bonds. The SMILES string of the molecule is CC(C)(CCNCc1cnc(-c2ccco2)s1)C(=O)O. The molecule has 2 heterocycles. The molecule has 0 radical (unpaired) electrons. The second-order valence-electron chi connectivity index (χ2n) is 5.22. The van der Waals surface area contributed by atoms with Gasteiger partial charge in [-0.25, -0.2) is 4.98 Å². The smallest absolute Gasteiger partial charge is 0.309 e. The molecule has 6 heteroatoms. The van der Waals surface area contributed by atoms with Crippen LogP contribution in [-0.4, -0.2) is 22.6 Å². The Hall–Kier alpha value is -1.66. The number of hydrogen-bond acceptors (Lipinski definition) is 5. The van der Waals surface area contributed by atoms with E-state index in [0.29, 0.717) is 19.5 Å². The molecule has 5 nitrogen and oxygen atoms in total. The third kappa shape index (κ3) is 3.68. The van der Waals surface area contributed by atoms with Crippen molar-refractivity contribution in [3.63, 3.8) is 0 Å². The molecular weight excluding hydrogens is 276 g/mol. The second kappa shape index (κ2) is 6.19. The monoisotopic (exact) mass is 294 g/mol. The third-order valence-electron chi connectivity index (χ3n) is 3.09. The Morgan fingerprint density at radius 3 is 3.00 bits per heavy atom. The average molecular weight is 294 g/mol. The first kappa shape index (κ1) is 14.7. The van der Waals surface area contributed by atoms with Crippen molar-refractivity contribution in [3.05, 3.63) is 29.5 Å². The zero-order valence-corrected chi connectivity index (χ0v) is 12.4. The molecule has 0 atom stereocenters. The number of thiazole rings is 1. The van der Waals surface area contributed by atoms with E-state index in [1.54, 1.807) is 31.4 Å². The molecule has 0 saturated carbocycles. The number of furan rings is 1. The number of carboxylic acid groups (broad SMARTS) is 1. The van der Waals surface area contributed by atoms with Crippen molar-refractivity contribution in [1.29, 1.82) is 0 Å². The molecule has 0 fully saturated rings. The highest BCUT2D eigenvalue weighted by molar-refractivity contribution is 7.14. The minimum absolute atomic E-state index is 0.589. The molecule has 2 aromatic heterocycles. The predicted octanol–water partition coefficient (Wildman–Crippen LogP) is 2.99. The van der Waals surface area contributed by atoms with E-state index in [1.807, 2.05) is 18.3 Å². The van der Waals surface area contributed by atoms with E-state index in [2.05, 4.69) is 10.3 Å². The van der Waals surface area contributed by atoms with Gasteiger partial charge in [0.2, 0.25) is 0 Å². The predicted molar refractivity (Wildman–Crippen MR) is 77.6 cm³/mol. The van der Waals surface area contributed by atoms with Gasteiger partial charge in [0.1, 0.15) is 0 Å². The van der Waals surface area contributed by atoms with E-state index < -0.39 is 11.4 Å². The van der Waals surface area contributed by atoms with Crippen LogP contribution in [0.4, 0.5) is 0 Å². The maximum atomic E-state index is 11.0. The van der Waals surface area contributed by atoms with Crippen molar-refractivity contribution in [3.8, 4) is 10.8 Å². The van der Waals surface area contributed by atoms with Gasteiger partial charge < -0.3 is 14.8 Å². The largest absolute Gasteiger partial charge is 0.481 e. The number of aromatic nitrogens is 1. The molecule has 0 aromatic carbocycles. The molecule has 108 valence electrons. The van der Waals surface area contributed by atoms with Crippen LogP contribution >= 0.6 is 11.3 Å². The fourth-order valence-electron chi connectivity index (χ4n) is 1.62. The Bertz CT molecular complexity index is 561. The molecule has 0 aliphatic carbocycles. The maximum Gasteiger partial charge on any atom is 0.309 e. The average Bonchev–Trinajstić information content (AvgIpc) is 3.05. The van der Waals surface area contributed by atoms with Crippen molar-refractivity contribution in [1.82, 2.24) is 10.3 Å². The lowest BCUT2D eigenvalue weighted by Gasteiger charge is -2.18. The van der Waals surface area contributed by atoms with Crippen molar-refractivity contribution in [2.24, 2.45) is 5.41 Å². The standard InChI is InChI=1S/C14H18N2O3S/c1-14(2,13(17)18)5-6-15-8-10-9-16-12(20-10)11-4-3-7-19-11/h3-4,7,9,15H,5-6,8H2,1-2H3,(H,17,18). The third-order valence-corrected chi connectivity index (χ3v) is 4.10. The second-order valence-corrected chi connectivity index (χ2v) is 6.34. The van der Waals surface area contributed by atoms with E-state index in [-0.39, 0.29) is 0 Å². The highest BCUT2D eigenvalue weighted by Crippen LogP contribution is 2.25. The number of nitrogens with zero attached hydrogens (tertiary/aromatic N) is 1. The number of nitrogens with one attached hydrogen (secondary N) is 1. The number of aliphatic carboxylic acids is 1. The van der Waals surface area contributed by atoms with Crippen LogP contribution in [0.1, 0.15) is 25.1 Å². The normalized spacial score (nSPS) is 11.7.